The summed E-state index contributed by atoms with van der Waals surface area (Å²) in [6.07, 6.45) is 3.24. The van der Waals surface area contributed by atoms with Gasteiger partial charge in [-0.3, -0.25) is 4.98 Å². The fourth-order valence-electron chi connectivity index (χ4n) is 4.36. The lowest BCUT2D eigenvalue weighted by Crippen LogP contribution is -2.56. The molecule has 5 rings (SSSR count). The highest BCUT2D eigenvalue weighted by Gasteiger charge is 2.34. The van der Waals surface area contributed by atoms with Crippen LogP contribution in [0.2, 0.25) is 0 Å². The molecule has 4 aromatic rings. The highest BCUT2D eigenvalue weighted by atomic mass is 19.1. The van der Waals surface area contributed by atoms with Crippen LogP contribution in [0.4, 0.5) is 18.9 Å². The number of aliphatic hydroxyl groups is 1. The molecule has 9 heteroatoms. The second-order valence-corrected chi connectivity index (χ2v) is 8.48. The van der Waals surface area contributed by atoms with Gasteiger partial charge >= 0.3 is 0 Å². The molecule has 0 saturated carbocycles. The largest absolute Gasteiger partial charge is 0.395 e. The summed E-state index contributed by atoms with van der Waals surface area (Å²) in [5.74, 6) is -1.44. The number of anilines is 1. The number of aliphatic hydroxyl groups excluding tert-OH is 1. The zero-order valence-electron chi connectivity index (χ0n) is 17.8. The van der Waals surface area contributed by atoms with Gasteiger partial charge in [-0.25, -0.2) is 18.2 Å². The Morgan fingerprint density at radius 2 is 1.82 bits per heavy atom. The van der Waals surface area contributed by atoms with Gasteiger partial charge in [0.1, 0.15) is 23.0 Å². The van der Waals surface area contributed by atoms with Gasteiger partial charge in [-0.1, -0.05) is 6.07 Å². The Morgan fingerprint density at radius 3 is 2.55 bits per heavy atom. The predicted molar refractivity (Wildman–Crippen MR) is 120 cm³/mol. The number of hydrogen-bond acceptors (Lipinski definition) is 5. The van der Waals surface area contributed by atoms with Crippen LogP contribution in [0.5, 0.6) is 0 Å². The van der Waals surface area contributed by atoms with Crippen molar-refractivity contribution < 1.29 is 18.3 Å². The van der Waals surface area contributed by atoms with Gasteiger partial charge < -0.3 is 20.7 Å². The van der Waals surface area contributed by atoms with E-state index in [4.69, 9.17) is 5.73 Å². The van der Waals surface area contributed by atoms with Crippen LogP contribution in [0, 0.1) is 30.3 Å². The summed E-state index contributed by atoms with van der Waals surface area (Å²) in [5, 5.41) is 9.41. The van der Waals surface area contributed by atoms with E-state index in [1.807, 2.05) is 6.07 Å². The third-order valence-corrected chi connectivity index (χ3v) is 6.07. The Bertz CT molecular complexity index is 1330. The molecule has 1 aliphatic rings. The van der Waals surface area contributed by atoms with Gasteiger partial charge in [0.2, 0.25) is 0 Å². The van der Waals surface area contributed by atoms with Crippen molar-refractivity contribution in [2.45, 2.75) is 13.0 Å². The monoisotopic (exact) mass is 453 g/mol. The lowest BCUT2D eigenvalue weighted by atomic mass is 9.89. The number of aromatic amines is 1. The number of rotatable bonds is 5. The van der Waals surface area contributed by atoms with Gasteiger partial charge in [0.05, 0.1) is 23.4 Å². The van der Waals surface area contributed by atoms with Crippen molar-refractivity contribution in [3.05, 3.63) is 65.7 Å². The van der Waals surface area contributed by atoms with Crippen molar-refractivity contribution in [2.75, 3.05) is 24.6 Å². The quantitative estimate of drug-likeness (QED) is 0.428. The molecule has 4 N–H and O–H groups in total. The third-order valence-electron chi connectivity index (χ3n) is 6.07. The van der Waals surface area contributed by atoms with Gasteiger partial charge in [0.15, 0.2) is 5.82 Å². The van der Waals surface area contributed by atoms with Crippen LogP contribution in [-0.2, 0) is 0 Å². The topological polar surface area (TPSA) is 91.1 Å². The SMILES string of the molecule is Cc1cc(F)cc(-c2cncc(-c3nc4c(F)cc(F)cc4[nH]3)c2N2CC(C(N)CO)C2)c1. The molecule has 33 heavy (non-hydrogen) atoms. The number of imidazole rings is 1. The maximum atomic E-state index is 14.3. The lowest BCUT2D eigenvalue weighted by molar-refractivity contribution is 0.207. The van der Waals surface area contributed by atoms with E-state index in [-0.39, 0.29) is 35.4 Å². The number of nitrogens with one attached hydrogen (secondary N) is 1. The number of pyridine rings is 1. The molecular formula is C24H22F3N5O. The first kappa shape index (κ1) is 21.4. The number of aromatic nitrogens is 3. The standard InChI is InChI=1S/C24H22F3N5O/c1-12-2-13(4-15(25)3-12)17-7-29-8-18(23(17)32-9-14(10-32)20(28)11-33)24-30-21-6-16(26)5-19(27)22(21)31-24/h2-8,14,20,33H,9-11,28H2,1H3,(H,30,31). The van der Waals surface area contributed by atoms with E-state index in [0.29, 0.717) is 35.6 Å². The number of benzene rings is 2. The molecule has 2 aromatic carbocycles. The minimum atomic E-state index is -0.767. The molecule has 3 heterocycles. The lowest BCUT2D eigenvalue weighted by Gasteiger charge is -2.44. The maximum Gasteiger partial charge on any atom is 0.153 e. The molecular weight excluding hydrogens is 431 g/mol. The number of halogens is 3. The smallest absolute Gasteiger partial charge is 0.153 e. The Morgan fingerprint density at radius 1 is 1.09 bits per heavy atom. The Balaban J connectivity index is 1.68. The summed E-state index contributed by atoms with van der Waals surface area (Å²) >= 11 is 0. The fraction of sp³-hybridized carbons (Fsp3) is 0.250. The first-order valence-electron chi connectivity index (χ1n) is 10.6. The third kappa shape index (κ3) is 3.83. The molecule has 0 amide bonds. The average Bonchev–Trinajstić information content (AvgIpc) is 3.16. The zero-order chi connectivity index (χ0) is 23.3. The maximum absolute atomic E-state index is 14.3. The number of nitrogens with two attached hydrogens (primary N) is 1. The summed E-state index contributed by atoms with van der Waals surface area (Å²) < 4.78 is 42.2. The van der Waals surface area contributed by atoms with Gasteiger partial charge in [-0.15, -0.1) is 0 Å². The Hall–Kier alpha value is -3.43. The van der Waals surface area contributed by atoms with Crippen molar-refractivity contribution in [3.63, 3.8) is 0 Å². The van der Waals surface area contributed by atoms with Crippen LogP contribution in [0.15, 0.2) is 42.7 Å². The highest BCUT2D eigenvalue weighted by Crippen LogP contribution is 2.42. The van der Waals surface area contributed by atoms with Crippen LogP contribution in [-0.4, -0.2) is 45.8 Å². The minimum absolute atomic E-state index is 0.0214. The fourth-order valence-corrected chi connectivity index (χ4v) is 4.36. The molecule has 0 radical (unpaired) electrons. The van der Waals surface area contributed by atoms with Crippen LogP contribution in [0.1, 0.15) is 5.56 Å². The van der Waals surface area contributed by atoms with Gasteiger partial charge in [0.25, 0.3) is 0 Å². The molecule has 0 spiro atoms. The zero-order valence-corrected chi connectivity index (χ0v) is 17.8. The highest BCUT2D eigenvalue weighted by molar-refractivity contribution is 5.91. The van der Waals surface area contributed by atoms with E-state index in [0.717, 1.165) is 17.3 Å². The number of fused-ring (bicyclic) bond motifs is 1. The van der Waals surface area contributed by atoms with E-state index < -0.39 is 11.6 Å². The number of aryl methyl sites for hydroxylation is 1. The van der Waals surface area contributed by atoms with Crippen LogP contribution in [0.3, 0.4) is 0 Å². The van der Waals surface area contributed by atoms with Crippen molar-refractivity contribution in [1.82, 2.24) is 15.0 Å². The molecule has 6 nitrogen and oxygen atoms in total. The number of nitrogens with zero attached hydrogens (tertiary/aromatic N) is 3. The summed E-state index contributed by atoms with van der Waals surface area (Å²) in [5.41, 5.74) is 9.63. The molecule has 1 fully saturated rings. The predicted octanol–water partition coefficient (Wildman–Crippen LogP) is 3.77. The van der Waals surface area contributed by atoms with Crippen molar-refractivity contribution in [3.8, 4) is 22.5 Å². The summed E-state index contributed by atoms with van der Waals surface area (Å²) in [4.78, 5) is 13.7. The number of hydrogen-bond donors (Lipinski definition) is 3. The average molecular weight is 453 g/mol. The summed E-state index contributed by atoms with van der Waals surface area (Å²) in [7, 11) is 0. The Kier molecular flexibility index (Phi) is 5.30. The van der Waals surface area contributed by atoms with E-state index in [2.05, 4.69) is 19.9 Å². The summed E-state index contributed by atoms with van der Waals surface area (Å²) in [6.45, 7) is 2.83. The van der Waals surface area contributed by atoms with Crippen LogP contribution >= 0.6 is 0 Å². The molecule has 170 valence electrons. The van der Waals surface area contributed by atoms with Crippen LogP contribution < -0.4 is 10.6 Å². The van der Waals surface area contributed by atoms with E-state index in [1.165, 1.54) is 18.2 Å². The number of H-pyrrole nitrogens is 1. The second-order valence-electron chi connectivity index (χ2n) is 8.48. The second kappa shape index (κ2) is 8.17. The molecule has 0 bridgehead atoms. The normalized spacial score (nSPS) is 15.2. The van der Waals surface area contributed by atoms with E-state index in [1.54, 1.807) is 19.3 Å². The van der Waals surface area contributed by atoms with Crippen molar-refractivity contribution >= 4 is 16.7 Å². The van der Waals surface area contributed by atoms with Crippen LogP contribution in [0.25, 0.3) is 33.5 Å². The van der Waals surface area contributed by atoms with Crippen molar-refractivity contribution in [2.24, 2.45) is 11.7 Å². The molecule has 0 aliphatic carbocycles. The van der Waals surface area contributed by atoms with Gasteiger partial charge in [-0.05, 0) is 36.2 Å². The Labute approximate surface area is 187 Å². The molecule has 1 unspecified atom stereocenters. The first-order valence-corrected chi connectivity index (χ1v) is 10.6. The van der Waals surface area contributed by atoms with Crippen molar-refractivity contribution in [1.29, 1.82) is 0 Å². The molecule has 2 aromatic heterocycles. The minimum Gasteiger partial charge on any atom is -0.395 e. The first-order chi connectivity index (χ1) is 15.8. The van der Waals surface area contributed by atoms with Gasteiger partial charge in [0, 0.05) is 49.1 Å². The molecule has 1 atom stereocenters. The van der Waals surface area contributed by atoms with E-state index >= 15 is 0 Å². The molecule has 1 aliphatic heterocycles. The summed E-state index contributed by atoms with van der Waals surface area (Å²) in [6, 6.07) is 6.35. The van der Waals surface area contributed by atoms with Gasteiger partial charge in [-0.2, -0.15) is 0 Å². The molecule has 1 saturated heterocycles. The van der Waals surface area contributed by atoms with E-state index in [9.17, 15) is 18.3 Å².